The molecule has 3 heterocycles. The number of anilines is 3. The largest absolute Gasteiger partial charge is 0.358 e. The van der Waals surface area contributed by atoms with E-state index in [1.54, 1.807) is 6.33 Å². The molecular formula is C40H32N5Pt-. The van der Waals surface area contributed by atoms with E-state index in [1.165, 1.54) is 10.1 Å². The van der Waals surface area contributed by atoms with Gasteiger partial charge in [-0.05, 0) is 59.3 Å². The molecule has 5 aromatic carbocycles. The minimum Gasteiger partial charge on any atom is -0.358 e. The van der Waals surface area contributed by atoms with Crippen molar-refractivity contribution in [3.05, 3.63) is 152 Å². The van der Waals surface area contributed by atoms with Gasteiger partial charge in [0, 0.05) is 67.4 Å². The minimum atomic E-state index is -2.33. The fourth-order valence-electron chi connectivity index (χ4n) is 6.17. The normalized spacial score (nSPS) is 12.6. The van der Waals surface area contributed by atoms with Gasteiger partial charge in [0.05, 0.1) is 0 Å². The second-order valence-corrected chi connectivity index (χ2v) is 11.5. The van der Waals surface area contributed by atoms with Crippen molar-refractivity contribution in [3.63, 3.8) is 0 Å². The van der Waals surface area contributed by atoms with Crippen LogP contribution in [0.1, 0.15) is 29.4 Å². The molecule has 0 amide bonds. The van der Waals surface area contributed by atoms with Crippen LogP contribution in [-0.4, -0.2) is 18.7 Å². The van der Waals surface area contributed by atoms with Crippen LogP contribution in [0.15, 0.2) is 134 Å². The Hall–Kier alpha value is -4.99. The van der Waals surface area contributed by atoms with Crippen LogP contribution >= 0.6 is 0 Å². The number of para-hydroxylation sites is 4. The van der Waals surface area contributed by atoms with Crippen LogP contribution in [0.3, 0.4) is 0 Å². The van der Waals surface area contributed by atoms with Crippen molar-refractivity contribution < 1.29 is 25.2 Å². The molecule has 8 rings (SSSR count). The average Bonchev–Trinajstić information content (AvgIpc) is 3.66. The van der Waals surface area contributed by atoms with E-state index >= 15 is 0 Å². The van der Waals surface area contributed by atoms with Gasteiger partial charge in [-0.1, -0.05) is 73.2 Å². The summed E-state index contributed by atoms with van der Waals surface area (Å²) < 4.78 is 29.8. The number of fused-ring (bicyclic) bond motifs is 4. The zero-order valence-corrected chi connectivity index (χ0v) is 27.6. The smallest absolute Gasteiger partial charge is 0.188 e. The summed E-state index contributed by atoms with van der Waals surface area (Å²) in [6.45, 7) is 2.05. The van der Waals surface area contributed by atoms with Crippen LogP contribution in [-0.2, 0) is 28.0 Å². The molecule has 0 radical (unpaired) electrons. The monoisotopic (exact) mass is 780 g/mol. The van der Waals surface area contributed by atoms with Gasteiger partial charge in [0.2, 0.25) is 0 Å². The Morgan fingerprint density at radius 3 is 2.28 bits per heavy atom. The Balaban J connectivity index is 0.00000378. The molecule has 0 fully saturated rings. The van der Waals surface area contributed by atoms with Gasteiger partial charge in [0.1, 0.15) is 5.82 Å². The van der Waals surface area contributed by atoms with Crippen molar-refractivity contribution in [3.8, 4) is 11.5 Å². The Kier molecular flexibility index (Phi) is 6.89. The molecule has 0 spiro atoms. The number of benzene rings is 5. The third-order valence-electron chi connectivity index (χ3n) is 8.39. The Morgan fingerprint density at radius 1 is 0.739 bits per heavy atom. The second-order valence-electron chi connectivity index (χ2n) is 11.5. The van der Waals surface area contributed by atoms with Crippen LogP contribution in [0.25, 0.3) is 44.3 Å². The number of hydrogen-bond acceptors (Lipinski definition) is 2. The van der Waals surface area contributed by atoms with Gasteiger partial charge >= 0.3 is 0 Å². The van der Waals surface area contributed by atoms with Crippen LogP contribution < -0.4 is 4.90 Å². The number of aryl methyl sites for hydroxylation is 1. The van der Waals surface area contributed by atoms with Gasteiger partial charge in [0.25, 0.3) is 0 Å². The Labute approximate surface area is 287 Å². The maximum atomic E-state index is 8.14. The minimum absolute atomic E-state index is 0. The zero-order chi connectivity index (χ0) is 33.0. The summed E-state index contributed by atoms with van der Waals surface area (Å²) in [5.41, 5.74) is 7.90. The number of aromatic nitrogens is 4. The molecule has 5 nitrogen and oxygen atoms in total. The molecule has 0 saturated heterocycles. The number of imidazole rings is 1. The molecule has 46 heavy (non-hydrogen) atoms. The molecule has 0 aliphatic carbocycles. The molecular weight excluding hydrogens is 746 g/mol. The van der Waals surface area contributed by atoms with Crippen molar-refractivity contribution >= 4 is 49.9 Å². The molecule has 228 valence electrons. The van der Waals surface area contributed by atoms with Crippen molar-refractivity contribution in [2.45, 2.75) is 19.8 Å². The molecule has 8 aromatic rings. The van der Waals surface area contributed by atoms with Gasteiger partial charge in [-0.3, -0.25) is 0 Å². The summed E-state index contributed by atoms with van der Waals surface area (Å²) in [6, 6.07) is 47.9. The zero-order valence-electron chi connectivity index (χ0n) is 28.3. The predicted molar refractivity (Wildman–Crippen MR) is 185 cm³/mol. The van der Waals surface area contributed by atoms with Crippen molar-refractivity contribution in [2.24, 2.45) is 6.98 Å². The predicted octanol–water partition coefficient (Wildman–Crippen LogP) is 9.93. The fraction of sp³-hybridized carbons (Fsp3) is 0.100. The van der Waals surface area contributed by atoms with E-state index in [4.69, 9.17) is 9.10 Å². The molecule has 3 aromatic heterocycles. The van der Waals surface area contributed by atoms with Gasteiger partial charge in [0.15, 0.2) is 17.4 Å². The summed E-state index contributed by atoms with van der Waals surface area (Å²) in [5, 5.41) is 2.22. The summed E-state index contributed by atoms with van der Waals surface area (Å²) in [4.78, 5) is 6.95. The van der Waals surface area contributed by atoms with Crippen molar-refractivity contribution in [2.75, 3.05) is 4.90 Å². The third kappa shape index (κ3) is 5.01. The van der Waals surface area contributed by atoms with E-state index in [-0.39, 0.29) is 21.1 Å². The van der Waals surface area contributed by atoms with E-state index in [1.807, 2.05) is 71.4 Å². The molecule has 0 aliphatic rings. The fourth-order valence-corrected chi connectivity index (χ4v) is 6.17. The second kappa shape index (κ2) is 12.1. The number of hydrogen-bond donors (Lipinski definition) is 0. The quantitative estimate of drug-likeness (QED) is 0.158. The maximum Gasteiger partial charge on any atom is 0.188 e. The number of rotatable bonds is 6. The van der Waals surface area contributed by atoms with E-state index in [9.17, 15) is 0 Å². The topological polar surface area (TPSA) is 30.9 Å². The molecule has 0 atom stereocenters. The molecule has 0 aliphatic heterocycles. The van der Waals surface area contributed by atoms with E-state index < -0.39 is 6.98 Å². The molecule has 0 saturated carbocycles. The standard InChI is InChI=1S/C40H32N5.Pt/c1-28(2)29-22-23-41-40(24-29)45-36-17-8-7-16-34(36)35-21-20-33(26-39(35)45)44(30-12-5-4-6-13-30)32-15-11-14-31(25-32)43-27-42(3)37-18-9-10-19-38(37)43;/h4-24,27-28H,1-3H3;/q-1;/i3D3;. The van der Waals surface area contributed by atoms with E-state index in [2.05, 4.69) is 96.1 Å². The summed E-state index contributed by atoms with van der Waals surface area (Å²) in [7, 11) is 0. The van der Waals surface area contributed by atoms with Crippen molar-refractivity contribution in [1.29, 1.82) is 0 Å². The van der Waals surface area contributed by atoms with Crippen LogP contribution in [0.4, 0.5) is 17.1 Å². The number of nitrogens with zero attached hydrogens (tertiary/aromatic N) is 5. The molecule has 6 heteroatoms. The molecule has 0 N–H and O–H groups in total. The van der Waals surface area contributed by atoms with Gasteiger partial charge in [-0.25, -0.2) is 14.1 Å². The SMILES string of the molecule is [2H]C([2H])([2H])n1[cH+]n(-c2[c-]c(N(c3[c-]c4c(cc3)c3ccccc3n4-c3cc(C(C)C)ccn3)c3ccccc3)ccc2)c2ccccc21.[Pt]. The van der Waals surface area contributed by atoms with E-state index in [0.29, 0.717) is 11.4 Å². The Morgan fingerprint density at radius 2 is 1.48 bits per heavy atom. The van der Waals surface area contributed by atoms with Crippen molar-refractivity contribution in [1.82, 2.24) is 18.7 Å². The maximum absolute atomic E-state index is 8.14. The molecule has 0 unspecified atom stereocenters. The summed E-state index contributed by atoms with van der Waals surface area (Å²) in [6.07, 6.45) is 3.52. The third-order valence-corrected chi connectivity index (χ3v) is 8.39. The first-order valence-corrected chi connectivity index (χ1v) is 15.1. The number of pyridine rings is 1. The van der Waals surface area contributed by atoms with Gasteiger partial charge in [-0.2, -0.15) is 12.1 Å². The first-order valence-electron chi connectivity index (χ1n) is 16.6. The van der Waals surface area contributed by atoms with Gasteiger partial charge in [-0.15, -0.1) is 29.7 Å². The first-order chi connectivity index (χ1) is 23.3. The molecule has 0 bridgehead atoms. The van der Waals surface area contributed by atoms with Gasteiger partial charge < -0.3 is 9.47 Å². The van der Waals surface area contributed by atoms with E-state index in [0.717, 1.165) is 55.9 Å². The Bertz CT molecular complexity index is 2450. The van der Waals surface area contributed by atoms with Crippen LogP contribution in [0.2, 0.25) is 0 Å². The average molecular weight is 781 g/mol. The first kappa shape index (κ1) is 26.2. The summed E-state index contributed by atoms with van der Waals surface area (Å²) in [5.74, 6) is 1.21. The van der Waals surface area contributed by atoms with Crippen LogP contribution in [0.5, 0.6) is 0 Å². The van der Waals surface area contributed by atoms with Crippen LogP contribution in [0, 0.1) is 12.1 Å². The summed E-state index contributed by atoms with van der Waals surface area (Å²) >= 11 is 0.